The van der Waals surface area contributed by atoms with Crippen LogP contribution in [0.5, 0.6) is 0 Å². The van der Waals surface area contributed by atoms with Gasteiger partial charge in [0.2, 0.25) is 10.0 Å². The molecule has 0 amide bonds. The summed E-state index contributed by atoms with van der Waals surface area (Å²) in [5.41, 5.74) is 0.976. The molecular formula is C14H18N2O3S. The number of hydrogen-bond donors (Lipinski definition) is 1. The molecule has 1 aromatic carbocycles. The minimum atomic E-state index is -3.57. The van der Waals surface area contributed by atoms with E-state index < -0.39 is 10.0 Å². The molecule has 0 saturated carbocycles. The average Bonchev–Trinajstić information content (AvgIpc) is 2.92. The van der Waals surface area contributed by atoms with Crippen LogP contribution in [0, 0.1) is 18.3 Å². The molecule has 108 valence electrons. The van der Waals surface area contributed by atoms with Crippen molar-refractivity contribution >= 4 is 10.0 Å². The van der Waals surface area contributed by atoms with Crippen molar-refractivity contribution in [3.05, 3.63) is 29.3 Å². The standard InChI is InChI=1S/C14H18N2O3S/c1-11-4-5-12(10-15)9-14(11)20(17,18)16-7-6-13-3-2-8-19-13/h4-5,9,13,16H,2-3,6-8H2,1H3. The van der Waals surface area contributed by atoms with Crippen LogP contribution in [-0.4, -0.2) is 27.7 Å². The van der Waals surface area contributed by atoms with Gasteiger partial charge in [0.15, 0.2) is 0 Å². The molecule has 1 aliphatic rings. The summed E-state index contributed by atoms with van der Waals surface area (Å²) in [6.45, 7) is 2.83. The van der Waals surface area contributed by atoms with Gasteiger partial charge in [-0.05, 0) is 43.9 Å². The number of hydrogen-bond acceptors (Lipinski definition) is 4. The van der Waals surface area contributed by atoms with Gasteiger partial charge in [0, 0.05) is 13.2 Å². The molecule has 0 bridgehead atoms. The van der Waals surface area contributed by atoms with Crippen LogP contribution in [0.15, 0.2) is 23.1 Å². The predicted molar refractivity (Wildman–Crippen MR) is 74.7 cm³/mol. The molecule has 1 aliphatic heterocycles. The fourth-order valence-corrected chi connectivity index (χ4v) is 3.58. The van der Waals surface area contributed by atoms with Gasteiger partial charge < -0.3 is 4.74 Å². The Morgan fingerprint density at radius 1 is 1.50 bits per heavy atom. The number of nitrogens with one attached hydrogen (secondary N) is 1. The highest BCUT2D eigenvalue weighted by atomic mass is 32.2. The predicted octanol–water partition coefficient (Wildman–Crippen LogP) is 1.71. The van der Waals surface area contributed by atoms with Crippen molar-refractivity contribution in [3.63, 3.8) is 0 Å². The van der Waals surface area contributed by atoms with E-state index >= 15 is 0 Å². The quantitative estimate of drug-likeness (QED) is 0.896. The first-order valence-electron chi connectivity index (χ1n) is 6.65. The van der Waals surface area contributed by atoms with Crippen molar-refractivity contribution in [1.82, 2.24) is 4.72 Å². The third-order valence-corrected chi connectivity index (χ3v) is 4.99. The van der Waals surface area contributed by atoms with Gasteiger partial charge in [-0.25, -0.2) is 13.1 Å². The average molecular weight is 294 g/mol. The summed E-state index contributed by atoms with van der Waals surface area (Å²) in [5.74, 6) is 0. The monoisotopic (exact) mass is 294 g/mol. The SMILES string of the molecule is Cc1ccc(C#N)cc1S(=O)(=O)NCCC1CCCO1. The zero-order chi connectivity index (χ0) is 14.6. The van der Waals surface area contributed by atoms with Crippen LogP contribution in [0.2, 0.25) is 0 Å². The molecule has 6 heteroatoms. The van der Waals surface area contributed by atoms with Gasteiger partial charge in [-0.15, -0.1) is 0 Å². The van der Waals surface area contributed by atoms with E-state index in [0.717, 1.165) is 19.4 Å². The molecule has 1 unspecified atom stereocenters. The van der Waals surface area contributed by atoms with Gasteiger partial charge in [-0.1, -0.05) is 6.07 Å². The molecule has 0 aromatic heterocycles. The van der Waals surface area contributed by atoms with E-state index in [1.54, 1.807) is 19.1 Å². The minimum absolute atomic E-state index is 0.157. The van der Waals surface area contributed by atoms with Crippen LogP contribution in [-0.2, 0) is 14.8 Å². The molecule has 0 spiro atoms. The van der Waals surface area contributed by atoms with Crippen LogP contribution >= 0.6 is 0 Å². The molecule has 20 heavy (non-hydrogen) atoms. The Morgan fingerprint density at radius 2 is 2.30 bits per heavy atom. The van der Waals surface area contributed by atoms with E-state index in [1.807, 2.05) is 6.07 Å². The molecule has 0 aliphatic carbocycles. The number of nitriles is 1. The van der Waals surface area contributed by atoms with Gasteiger partial charge in [0.05, 0.1) is 22.6 Å². The largest absolute Gasteiger partial charge is 0.378 e. The first-order chi connectivity index (χ1) is 9.53. The van der Waals surface area contributed by atoms with Crippen LogP contribution in [0.4, 0.5) is 0 Å². The maximum absolute atomic E-state index is 12.2. The summed E-state index contributed by atoms with van der Waals surface area (Å²) in [7, 11) is -3.57. The molecule has 1 heterocycles. The number of ether oxygens (including phenoxy) is 1. The number of benzene rings is 1. The van der Waals surface area contributed by atoms with Crippen LogP contribution < -0.4 is 4.72 Å². The van der Waals surface area contributed by atoms with Crippen molar-refractivity contribution in [1.29, 1.82) is 5.26 Å². The molecule has 1 N–H and O–H groups in total. The summed E-state index contributed by atoms with van der Waals surface area (Å²) in [6.07, 6.45) is 2.87. The Morgan fingerprint density at radius 3 is 2.95 bits per heavy atom. The van der Waals surface area contributed by atoms with Gasteiger partial charge in [0.1, 0.15) is 0 Å². The summed E-state index contributed by atoms with van der Waals surface area (Å²) in [5, 5.41) is 8.86. The maximum atomic E-state index is 12.2. The lowest BCUT2D eigenvalue weighted by molar-refractivity contribution is 0.105. The smallest absolute Gasteiger partial charge is 0.240 e. The zero-order valence-corrected chi connectivity index (χ0v) is 12.2. The van der Waals surface area contributed by atoms with Crippen molar-refractivity contribution < 1.29 is 13.2 Å². The second kappa shape index (κ2) is 6.35. The van der Waals surface area contributed by atoms with Gasteiger partial charge >= 0.3 is 0 Å². The molecule has 1 fully saturated rings. The van der Waals surface area contributed by atoms with E-state index in [2.05, 4.69) is 4.72 Å². The van der Waals surface area contributed by atoms with Crippen molar-refractivity contribution in [2.45, 2.75) is 37.2 Å². The van der Waals surface area contributed by atoms with E-state index in [0.29, 0.717) is 24.1 Å². The lowest BCUT2D eigenvalue weighted by Gasteiger charge is -2.12. The minimum Gasteiger partial charge on any atom is -0.378 e. The Balaban J connectivity index is 2.04. The van der Waals surface area contributed by atoms with E-state index in [-0.39, 0.29) is 11.0 Å². The molecule has 1 atom stereocenters. The molecule has 0 radical (unpaired) electrons. The normalized spacial score (nSPS) is 18.9. The van der Waals surface area contributed by atoms with E-state index in [1.165, 1.54) is 6.07 Å². The van der Waals surface area contributed by atoms with Gasteiger partial charge in [-0.2, -0.15) is 5.26 Å². The molecule has 1 saturated heterocycles. The molecular weight excluding hydrogens is 276 g/mol. The summed E-state index contributed by atoms with van der Waals surface area (Å²) < 4.78 is 32.5. The highest BCUT2D eigenvalue weighted by molar-refractivity contribution is 7.89. The number of nitrogens with zero attached hydrogens (tertiary/aromatic N) is 1. The molecule has 1 aromatic rings. The topological polar surface area (TPSA) is 79.2 Å². The van der Waals surface area contributed by atoms with Gasteiger partial charge in [-0.3, -0.25) is 0 Å². The number of rotatable bonds is 5. The lowest BCUT2D eigenvalue weighted by atomic mass is 10.2. The first kappa shape index (κ1) is 15.0. The molecule has 2 rings (SSSR count). The summed E-state index contributed by atoms with van der Waals surface area (Å²) in [4.78, 5) is 0.170. The van der Waals surface area contributed by atoms with Gasteiger partial charge in [0.25, 0.3) is 0 Å². The third-order valence-electron chi connectivity index (χ3n) is 3.39. The van der Waals surface area contributed by atoms with Crippen LogP contribution in [0.25, 0.3) is 0 Å². The van der Waals surface area contributed by atoms with E-state index in [9.17, 15) is 8.42 Å². The van der Waals surface area contributed by atoms with Crippen molar-refractivity contribution in [2.24, 2.45) is 0 Å². The zero-order valence-electron chi connectivity index (χ0n) is 11.4. The Hall–Kier alpha value is -1.42. The highest BCUT2D eigenvalue weighted by Gasteiger charge is 2.19. The second-order valence-corrected chi connectivity index (χ2v) is 6.65. The lowest BCUT2D eigenvalue weighted by Crippen LogP contribution is -2.27. The molecule has 5 nitrogen and oxygen atoms in total. The second-order valence-electron chi connectivity index (χ2n) is 4.91. The summed E-state index contributed by atoms with van der Waals surface area (Å²) >= 11 is 0. The first-order valence-corrected chi connectivity index (χ1v) is 8.13. The Labute approximate surface area is 119 Å². The van der Waals surface area contributed by atoms with E-state index in [4.69, 9.17) is 10.00 Å². The highest BCUT2D eigenvalue weighted by Crippen LogP contribution is 2.18. The van der Waals surface area contributed by atoms with Crippen molar-refractivity contribution in [2.75, 3.05) is 13.2 Å². The number of aryl methyl sites for hydroxylation is 1. The maximum Gasteiger partial charge on any atom is 0.240 e. The number of sulfonamides is 1. The third kappa shape index (κ3) is 3.57. The Kier molecular flexibility index (Phi) is 4.76. The van der Waals surface area contributed by atoms with Crippen LogP contribution in [0.3, 0.4) is 0 Å². The van der Waals surface area contributed by atoms with Crippen molar-refractivity contribution in [3.8, 4) is 6.07 Å². The Bertz CT molecular complexity index is 614. The fourth-order valence-electron chi connectivity index (χ4n) is 2.26. The fraction of sp³-hybridized carbons (Fsp3) is 0.500. The summed E-state index contributed by atoms with van der Waals surface area (Å²) in [6, 6.07) is 6.62. The van der Waals surface area contributed by atoms with Crippen LogP contribution in [0.1, 0.15) is 30.4 Å².